The van der Waals surface area contributed by atoms with Crippen molar-refractivity contribution < 1.29 is 22.7 Å². The van der Waals surface area contributed by atoms with Crippen LogP contribution in [0.2, 0.25) is 0 Å². The van der Waals surface area contributed by atoms with E-state index >= 15 is 0 Å². The Morgan fingerprint density at radius 2 is 1.60 bits per heavy atom. The largest absolute Gasteiger partial charge is 0.444 e. The molecule has 5 aromatic heterocycles. The third-order valence-corrected chi connectivity index (χ3v) is 8.61. The lowest BCUT2D eigenvalue weighted by molar-refractivity contribution is -0.137. The molecular formula is C35H34F3N9O3. The van der Waals surface area contributed by atoms with Crippen LogP contribution in [0, 0.1) is 0 Å². The summed E-state index contributed by atoms with van der Waals surface area (Å²) in [4.78, 5) is 43.3. The molecule has 0 atom stereocenters. The fourth-order valence-corrected chi connectivity index (χ4v) is 6.15. The van der Waals surface area contributed by atoms with Crippen molar-refractivity contribution in [3.8, 4) is 28.2 Å². The zero-order valence-electron chi connectivity index (χ0n) is 28.1. The second-order valence-electron chi connectivity index (χ2n) is 13.2. The summed E-state index contributed by atoms with van der Waals surface area (Å²) in [5, 5.41) is 4.19. The first-order valence-corrected chi connectivity index (χ1v) is 15.9. The van der Waals surface area contributed by atoms with Crippen molar-refractivity contribution in [1.29, 1.82) is 0 Å². The number of alkyl halides is 3. The highest BCUT2D eigenvalue weighted by Crippen LogP contribution is 2.39. The van der Waals surface area contributed by atoms with Gasteiger partial charge in [0, 0.05) is 69.5 Å². The van der Waals surface area contributed by atoms with Crippen LogP contribution >= 0.6 is 0 Å². The number of pyridine rings is 3. The Hall–Kier alpha value is -5.73. The number of anilines is 1. The number of aryl methyl sites for hydroxylation is 2. The molecule has 1 aliphatic heterocycles. The number of carbonyl (C=O) groups excluding carboxylic acids is 1. The van der Waals surface area contributed by atoms with Gasteiger partial charge in [-0.15, -0.1) is 0 Å². The minimum Gasteiger partial charge on any atom is -0.444 e. The fourth-order valence-electron chi connectivity index (χ4n) is 6.15. The van der Waals surface area contributed by atoms with Crippen LogP contribution in [0.25, 0.3) is 50.3 Å². The lowest BCUT2D eigenvalue weighted by Gasteiger charge is -2.37. The maximum Gasteiger partial charge on any atom is 0.418 e. The van der Waals surface area contributed by atoms with Crippen LogP contribution in [0.1, 0.15) is 26.3 Å². The van der Waals surface area contributed by atoms with Gasteiger partial charge < -0.3 is 14.5 Å². The maximum atomic E-state index is 14.7. The molecule has 6 aromatic rings. The highest BCUT2D eigenvalue weighted by Gasteiger charge is 2.37. The van der Waals surface area contributed by atoms with Crippen molar-refractivity contribution >= 4 is 33.8 Å². The molecule has 258 valence electrons. The first-order chi connectivity index (χ1) is 23.7. The molecule has 1 amide bonds. The van der Waals surface area contributed by atoms with E-state index in [1.165, 1.54) is 32.4 Å². The van der Waals surface area contributed by atoms with Gasteiger partial charge in [0.05, 0.1) is 46.1 Å². The van der Waals surface area contributed by atoms with Crippen molar-refractivity contribution in [1.82, 2.24) is 38.8 Å². The van der Waals surface area contributed by atoms with E-state index in [9.17, 15) is 22.8 Å². The Morgan fingerprint density at radius 1 is 0.860 bits per heavy atom. The number of benzene rings is 1. The molecule has 6 heterocycles. The fraction of sp³-hybridized carbons (Fsp3) is 0.314. The molecule has 12 nitrogen and oxygen atoms in total. The molecular weight excluding hydrogens is 651 g/mol. The van der Waals surface area contributed by atoms with Crippen molar-refractivity contribution in [2.75, 3.05) is 31.1 Å². The zero-order valence-corrected chi connectivity index (χ0v) is 28.1. The predicted molar refractivity (Wildman–Crippen MR) is 182 cm³/mol. The SMILES string of the molecule is Cn1cc(-c2ccc(-c3ccc4ncc5c(c4n3)n(-c3ccc(N4CCN(C(=O)OC(C)(C)C)CC4)c(C(F)(F)F)c3)c(=O)n5C)cn2)cn1. The maximum absolute atomic E-state index is 14.7. The van der Waals surface area contributed by atoms with Gasteiger partial charge in [0.1, 0.15) is 16.6 Å². The van der Waals surface area contributed by atoms with Crippen molar-refractivity contribution in [3.63, 3.8) is 0 Å². The molecule has 15 heteroatoms. The Morgan fingerprint density at radius 3 is 2.24 bits per heavy atom. The lowest BCUT2D eigenvalue weighted by Crippen LogP contribution is -2.50. The molecule has 1 aromatic carbocycles. The molecule has 1 fully saturated rings. The number of hydrogen-bond donors (Lipinski definition) is 0. The molecule has 0 N–H and O–H groups in total. The topological polar surface area (TPSA) is 116 Å². The first-order valence-electron chi connectivity index (χ1n) is 15.9. The number of hydrogen-bond acceptors (Lipinski definition) is 8. The number of ether oxygens (including phenoxy) is 1. The van der Waals surface area contributed by atoms with Gasteiger partial charge in [-0.3, -0.25) is 23.8 Å². The molecule has 1 saturated heterocycles. The highest BCUT2D eigenvalue weighted by molar-refractivity contribution is 6.01. The summed E-state index contributed by atoms with van der Waals surface area (Å²) < 4.78 is 53.8. The number of nitrogens with zero attached hydrogens (tertiary/aromatic N) is 9. The summed E-state index contributed by atoms with van der Waals surface area (Å²) in [5.41, 5.74) is 2.29. The van der Waals surface area contributed by atoms with Crippen LogP contribution in [-0.4, -0.2) is 76.6 Å². The monoisotopic (exact) mass is 685 g/mol. The number of fused-ring (bicyclic) bond motifs is 3. The Kier molecular flexibility index (Phi) is 7.87. The van der Waals surface area contributed by atoms with Gasteiger partial charge in [-0.05, 0) is 63.2 Å². The molecule has 0 unspecified atom stereocenters. The van der Waals surface area contributed by atoms with Gasteiger partial charge in [0.25, 0.3) is 0 Å². The van der Waals surface area contributed by atoms with E-state index in [-0.39, 0.29) is 37.6 Å². The van der Waals surface area contributed by atoms with Crippen molar-refractivity contribution in [3.05, 3.63) is 83.3 Å². The van der Waals surface area contributed by atoms with Gasteiger partial charge in [0.2, 0.25) is 0 Å². The van der Waals surface area contributed by atoms with Crippen LogP contribution in [-0.2, 0) is 25.0 Å². The lowest BCUT2D eigenvalue weighted by atomic mass is 10.1. The molecule has 0 bridgehead atoms. The number of amides is 1. The van der Waals surface area contributed by atoms with Crippen LogP contribution < -0.4 is 10.6 Å². The highest BCUT2D eigenvalue weighted by atomic mass is 19.4. The predicted octanol–water partition coefficient (Wildman–Crippen LogP) is 5.81. The molecule has 0 spiro atoms. The molecule has 7 rings (SSSR count). The summed E-state index contributed by atoms with van der Waals surface area (Å²) in [6, 6.07) is 11.1. The minimum atomic E-state index is -4.73. The Bertz CT molecular complexity index is 2310. The van der Waals surface area contributed by atoms with Crippen LogP contribution in [0.5, 0.6) is 0 Å². The Labute approximate surface area is 284 Å². The smallest absolute Gasteiger partial charge is 0.418 e. The third-order valence-electron chi connectivity index (χ3n) is 8.61. The molecule has 0 aliphatic carbocycles. The quantitative estimate of drug-likeness (QED) is 0.228. The number of carbonyl (C=O) groups is 1. The van der Waals surface area contributed by atoms with E-state index in [0.717, 1.165) is 17.3 Å². The van der Waals surface area contributed by atoms with Crippen molar-refractivity contribution in [2.45, 2.75) is 32.5 Å². The van der Waals surface area contributed by atoms with Gasteiger partial charge in [-0.1, -0.05) is 0 Å². The van der Waals surface area contributed by atoms with E-state index in [0.29, 0.717) is 33.3 Å². The number of imidazole rings is 1. The summed E-state index contributed by atoms with van der Waals surface area (Å²) in [5.74, 6) is 0. The second-order valence-corrected chi connectivity index (χ2v) is 13.2. The van der Waals surface area contributed by atoms with Gasteiger partial charge in [0.15, 0.2) is 0 Å². The molecule has 50 heavy (non-hydrogen) atoms. The van der Waals surface area contributed by atoms with Gasteiger partial charge >= 0.3 is 18.0 Å². The summed E-state index contributed by atoms with van der Waals surface area (Å²) >= 11 is 0. The van der Waals surface area contributed by atoms with Crippen LogP contribution in [0.15, 0.2) is 72.0 Å². The van der Waals surface area contributed by atoms with E-state index in [1.54, 1.807) is 61.9 Å². The van der Waals surface area contributed by atoms with Crippen LogP contribution in [0.4, 0.5) is 23.7 Å². The van der Waals surface area contributed by atoms with E-state index < -0.39 is 29.1 Å². The second kappa shape index (κ2) is 12.0. The molecule has 0 saturated carbocycles. The minimum absolute atomic E-state index is 0.0336. The summed E-state index contributed by atoms with van der Waals surface area (Å²) in [6.45, 7) is 6.03. The van der Waals surface area contributed by atoms with E-state index in [1.807, 2.05) is 25.4 Å². The van der Waals surface area contributed by atoms with Gasteiger partial charge in [-0.2, -0.15) is 18.3 Å². The number of halogens is 3. The average molecular weight is 686 g/mol. The number of rotatable bonds is 4. The number of piperazine rings is 1. The third kappa shape index (κ3) is 6.03. The standard InChI is InChI=1S/C35H34F3N9O3/c1-34(2,3)50-33(49)46-14-12-45(13-15-46)28-11-7-23(16-24(28)35(36,37)38)47-31-29(44(5)32(47)48)19-40-27-10-9-26(42-30(27)31)21-6-8-25(39-17-21)22-18-41-43(4)20-22/h6-11,16-20H,12-15H2,1-5H3. The first kappa shape index (κ1) is 32.8. The van der Waals surface area contributed by atoms with E-state index in [2.05, 4.69) is 15.1 Å². The number of aromatic nitrogens is 7. The molecule has 1 aliphatic rings. The van der Waals surface area contributed by atoms with Crippen LogP contribution in [0.3, 0.4) is 0 Å². The zero-order chi connectivity index (χ0) is 35.5. The van der Waals surface area contributed by atoms with E-state index in [4.69, 9.17) is 9.72 Å². The van der Waals surface area contributed by atoms with Crippen molar-refractivity contribution in [2.24, 2.45) is 14.1 Å². The molecule has 0 radical (unpaired) electrons. The van der Waals surface area contributed by atoms with Gasteiger partial charge in [-0.25, -0.2) is 14.6 Å². The summed E-state index contributed by atoms with van der Waals surface area (Å²) in [7, 11) is 3.37. The summed E-state index contributed by atoms with van der Waals surface area (Å²) in [6.07, 6.45) is 1.54. The normalized spacial score (nSPS) is 14.2. The average Bonchev–Trinajstić information content (AvgIpc) is 3.63. The Balaban J connectivity index is 1.28.